The summed E-state index contributed by atoms with van der Waals surface area (Å²) in [7, 11) is 1.54. The van der Waals surface area contributed by atoms with Gasteiger partial charge in [-0.3, -0.25) is 19.3 Å². The van der Waals surface area contributed by atoms with Crippen LogP contribution in [-0.4, -0.2) is 29.7 Å². The van der Waals surface area contributed by atoms with Gasteiger partial charge in [-0.05, 0) is 73.2 Å². The zero-order valence-corrected chi connectivity index (χ0v) is 18.7. The summed E-state index contributed by atoms with van der Waals surface area (Å²) in [5, 5.41) is 11.6. The molecule has 33 heavy (non-hydrogen) atoms. The quantitative estimate of drug-likeness (QED) is 0.245. The monoisotopic (exact) mass is 461 g/mol. The zero-order valence-electron chi connectivity index (χ0n) is 17.9. The van der Waals surface area contributed by atoms with Crippen LogP contribution in [0.5, 0.6) is 5.75 Å². The molecule has 0 saturated carbocycles. The number of halogens is 1. The Morgan fingerprint density at radius 3 is 2.03 bits per heavy atom. The summed E-state index contributed by atoms with van der Waals surface area (Å²) in [6.07, 6.45) is 0. The largest absolute Gasteiger partial charge is 0.507 e. The van der Waals surface area contributed by atoms with Gasteiger partial charge in [0.1, 0.15) is 11.5 Å². The van der Waals surface area contributed by atoms with E-state index in [-0.39, 0.29) is 17.1 Å². The molecule has 166 valence electrons. The fraction of sp³-hybridized carbons (Fsp3) is 0.115. The van der Waals surface area contributed by atoms with E-state index < -0.39 is 17.7 Å². The number of aliphatic hydroxyl groups excluding tert-OH is 1. The van der Waals surface area contributed by atoms with Gasteiger partial charge in [0.2, 0.25) is 0 Å². The molecule has 0 bridgehead atoms. The molecule has 3 aromatic carbocycles. The zero-order chi connectivity index (χ0) is 23.7. The summed E-state index contributed by atoms with van der Waals surface area (Å²) >= 11 is 5.96. The molecular weight excluding hydrogens is 442 g/mol. The van der Waals surface area contributed by atoms with Crippen LogP contribution in [0.25, 0.3) is 5.76 Å². The van der Waals surface area contributed by atoms with Crippen LogP contribution in [0.4, 0.5) is 5.69 Å². The van der Waals surface area contributed by atoms with Crippen LogP contribution >= 0.6 is 11.6 Å². The number of rotatable bonds is 5. The van der Waals surface area contributed by atoms with Crippen molar-refractivity contribution in [2.45, 2.75) is 13.0 Å². The minimum Gasteiger partial charge on any atom is -0.507 e. The lowest BCUT2D eigenvalue weighted by Crippen LogP contribution is -2.29. The number of Topliss-reactive ketones (excluding diaryl/α,β-unsaturated/α-hetero) is 2. The third kappa shape index (κ3) is 4.13. The maximum Gasteiger partial charge on any atom is 0.300 e. The Morgan fingerprint density at radius 1 is 0.909 bits per heavy atom. The first-order chi connectivity index (χ1) is 15.8. The summed E-state index contributed by atoms with van der Waals surface area (Å²) in [6, 6.07) is 18.8. The first-order valence-corrected chi connectivity index (χ1v) is 10.5. The van der Waals surface area contributed by atoms with Crippen LogP contribution < -0.4 is 9.64 Å². The van der Waals surface area contributed by atoms with Crippen molar-refractivity contribution >= 4 is 40.5 Å². The van der Waals surface area contributed by atoms with E-state index in [2.05, 4.69) is 0 Å². The molecule has 3 aromatic rings. The number of aliphatic hydroxyl groups is 1. The maximum absolute atomic E-state index is 13.2. The molecule has 1 N–H and O–H groups in total. The van der Waals surface area contributed by atoms with Crippen LogP contribution in [-0.2, 0) is 9.59 Å². The Bertz CT molecular complexity index is 1260. The van der Waals surface area contributed by atoms with E-state index in [9.17, 15) is 19.5 Å². The minimum absolute atomic E-state index is 0.0388. The molecule has 1 amide bonds. The van der Waals surface area contributed by atoms with Gasteiger partial charge in [-0.2, -0.15) is 0 Å². The molecule has 0 aliphatic carbocycles. The molecule has 1 heterocycles. The first kappa shape index (κ1) is 22.3. The third-order valence-corrected chi connectivity index (χ3v) is 5.80. The number of anilines is 1. The Balaban J connectivity index is 1.90. The standard InChI is InChI=1S/C26H20ClNO5/c1-15(29)16-5-11-20(12-6-16)28-23(17-7-13-21(33-2)14-8-17)22(25(31)26(28)32)24(30)18-3-9-19(27)10-4-18/h3-14,23,30H,1-2H3/b24-22-. The lowest BCUT2D eigenvalue weighted by molar-refractivity contribution is -0.132. The average molecular weight is 462 g/mol. The van der Waals surface area contributed by atoms with E-state index >= 15 is 0 Å². The molecule has 0 aromatic heterocycles. The number of hydrogen-bond acceptors (Lipinski definition) is 5. The lowest BCUT2D eigenvalue weighted by Gasteiger charge is -2.25. The minimum atomic E-state index is -0.880. The van der Waals surface area contributed by atoms with Crippen LogP contribution in [0.3, 0.4) is 0 Å². The molecule has 4 rings (SSSR count). The number of ketones is 2. The molecule has 1 saturated heterocycles. The smallest absolute Gasteiger partial charge is 0.300 e. The second-order valence-electron chi connectivity index (χ2n) is 7.55. The highest BCUT2D eigenvalue weighted by Crippen LogP contribution is 2.42. The van der Waals surface area contributed by atoms with Crippen molar-refractivity contribution in [3.8, 4) is 5.75 Å². The molecular formula is C26H20ClNO5. The predicted molar refractivity (Wildman–Crippen MR) is 126 cm³/mol. The summed E-state index contributed by atoms with van der Waals surface area (Å²) in [5.74, 6) is -1.38. The highest BCUT2D eigenvalue weighted by atomic mass is 35.5. The van der Waals surface area contributed by atoms with Gasteiger partial charge in [0.05, 0.1) is 18.7 Å². The van der Waals surface area contributed by atoms with Gasteiger partial charge in [-0.15, -0.1) is 0 Å². The van der Waals surface area contributed by atoms with Crippen molar-refractivity contribution in [2.24, 2.45) is 0 Å². The van der Waals surface area contributed by atoms with E-state index in [0.717, 1.165) is 0 Å². The Hall–Kier alpha value is -3.90. The number of hydrogen-bond donors (Lipinski definition) is 1. The van der Waals surface area contributed by atoms with E-state index in [0.29, 0.717) is 33.1 Å². The fourth-order valence-electron chi connectivity index (χ4n) is 3.82. The molecule has 1 aliphatic heterocycles. The van der Waals surface area contributed by atoms with Gasteiger partial charge in [0, 0.05) is 21.8 Å². The molecule has 6 nitrogen and oxygen atoms in total. The first-order valence-electron chi connectivity index (χ1n) is 10.1. The van der Waals surface area contributed by atoms with Gasteiger partial charge < -0.3 is 9.84 Å². The van der Waals surface area contributed by atoms with E-state index in [1.165, 1.54) is 18.9 Å². The fourth-order valence-corrected chi connectivity index (χ4v) is 3.95. The van der Waals surface area contributed by atoms with Gasteiger partial charge >= 0.3 is 0 Å². The second kappa shape index (κ2) is 8.92. The van der Waals surface area contributed by atoms with Crippen LogP contribution in [0.2, 0.25) is 5.02 Å². The van der Waals surface area contributed by atoms with Crippen molar-refractivity contribution in [2.75, 3.05) is 12.0 Å². The number of methoxy groups -OCH3 is 1. The molecule has 1 atom stereocenters. The molecule has 1 aliphatic rings. The normalized spacial score (nSPS) is 17.3. The van der Waals surface area contributed by atoms with Crippen molar-refractivity contribution < 1.29 is 24.2 Å². The highest BCUT2D eigenvalue weighted by molar-refractivity contribution is 6.51. The number of carbonyl (C=O) groups is 3. The second-order valence-corrected chi connectivity index (χ2v) is 7.99. The van der Waals surface area contributed by atoms with Gasteiger partial charge in [0.25, 0.3) is 11.7 Å². The SMILES string of the molecule is COc1ccc(C2/C(=C(/O)c3ccc(Cl)cc3)C(=O)C(=O)N2c2ccc(C(C)=O)cc2)cc1. The molecule has 1 fully saturated rings. The van der Waals surface area contributed by atoms with Crippen LogP contribution in [0, 0.1) is 0 Å². The van der Waals surface area contributed by atoms with Gasteiger partial charge in [0.15, 0.2) is 5.78 Å². The van der Waals surface area contributed by atoms with Gasteiger partial charge in [-0.25, -0.2) is 0 Å². The number of benzene rings is 3. The number of ether oxygens (including phenoxy) is 1. The van der Waals surface area contributed by atoms with E-state index in [1.54, 1.807) is 72.8 Å². The van der Waals surface area contributed by atoms with Crippen molar-refractivity contribution in [3.05, 3.63) is 100 Å². The topological polar surface area (TPSA) is 83.9 Å². The highest BCUT2D eigenvalue weighted by Gasteiger charge is 2.47. The molecule has 0 spiro atoms. The molecule has 1 unspecified atom stereocenters. The Labute approximate surface area is 195 Å². The average Bonchev–Trinajstić information content (AvgIpc) is 3.09. The molecule has 7 heteroatoms. The van der Waals surface area contributed by atoms with Crippen molar-refractivity contribution in [3.63, 3.8) is 0 Å². The lowest BCUT2D eigenvalue weighted by atomic mass is 9.95. The predicted octanol–water partition coefficient (Wildman–Crippen LogP) is 5.18. The van der Waals surface area contributed by atoms with E-state index in [1.807, 2.05) is 0 Å². The summed E-state index contributed by atoms with van der Waals surface area (Å²) in [5.41, 5.74) is 1.85. The molecule has 0 radical (unpaired) electrons. The maximum atomic E-state index is 13.2. The third-order valence-electron chi connectivity index (χ3n) is 5.55. The van der Waals surface area contributed by atoms with E-state index in [4.69, 9.17) is 16.3 Å². The summed E-state index contributed by atoms with van der Waals surface area (Å²) in [4.78, 5) is 39.3. The van der Waals surface area contributed by atoms with Gasteiger partial charge in [-0.1, -0.05) is 23.7 Å². The Kier molecular flexibility index (Phi) is 6.03. The number of carbonyl (C=O) groups excluding carboxylic acids is 3. The Morgan fingerprint density at radius 2 is 1.48 bits per heavy atom. The van der Waals surface area contributed by atoms with Crippen LogP contribution in [0.15, 0.2) is 78.4 Å². The number of nitrogens with zero attached hydrogens (tertiary/aromatic N) is 1. The van der Waals surface area contributed by atoms with Crippen molar-refractivity contribution in [1.29, 1.82) is 0 Å². The van der Waals surface area contributed by atoms with Crippen LogP contribution in [0.1, 0.15) is 34.5 Å². The summed E-state index contributed by atoms with van der Waals surface area (Å²) in [6.45, 7) is 1.45. The number of amides is 1. The van der Waals surface area contributed by atoms with Crippen molar-refractivity contribution in [1.82, 2.24) is 0 Å². The summed E-state index contributed by atoms with van der Waals surface area (Å²) < 4.78 is 5.22.